The predicted molar refractivity (Wildman–Crippen MR) is 98.3 cm³/mol. The molecule has 1 fully saturated rings. The molecule has 0 N–H and O–H groups in total. The molecule has 26 heavy (non-hydrogen) atoms. The van der Waals surface area contributed by atoms with Gasteiger partial charge in [-0.2, -0.15) is 4.31 Å². The molecule has 0 bridgehead atoms. The zero-order valence-corrected chi connectivity index (χ0v) is 15.9. The van der Waals surface area contributed by atoms with Crippen molar-refractivity contribution in [1.29, 1.82) is 0 Å². The third-order valence-electron chi connectivity index (χ3n) is 4.14. The quantitative estimate of drug-likeness (QED) is 0.800. The van der Waals surface area contributed by atoms with Gasteiger partial charge in [-0.25, -0.2) is 8.42 Å². The topological polar surface area (TPSA) is 65.1 Å². The zero-order valence-electron chi connectivity index (χ0n) is 15.1. The van der Waals surface area contributed by atoms with Gasteiger partial charge in [-0.1, -0.05) is 12.1 Å². The number of benzene rings is 2. The van der Waals surface area contributed by atoms with Crippen LogP contribution < -0.4 is 9.47 Å². The summed E-state index contributed by atoms with van der Waals surface area (Å²) in [4.78, 5) is 0.242. The maximum atomic E-state index is 12.9. The lowest BCUT2D eigenvalue weighted by molar-refractivity contribution is -0.0440. The maximum absolute atomic E-state index is 12.9. The third-order valence-corrected chi connectivity index (χ3v) is 5.99. The van der Waals surface area contributed by atoms with E-state index in [1.165, 1.54) is 4.31 Å². The molecule has 3 rings (SSSR count). The van der Waals surface area contributed by atoms with Crippen LogP contribution in [-0.2, 0) is 14.8 Å². The number of nitrogens with zero attached hydrogens (tertiary/aromatic N) is 1. The van der Waals surface area contributed by atoms with Crippen molar-refractivity contribution in [3.05, 3.63) is 48.5 Å². The zero-order chi connectivity index (χ0) is 18.7. The third kappa shape index (κ3) is 4.00. The molecule has 0 aliphatic carbocycles. The van der Waals surface area contributed by atoms with Crippen LogP contribution in [-0.4, -0.2) is 45.1 Å². The van der Waals surface area contributed by atoms with E-state index in [9.17, 15) is 8.42 Å². The first-order chi connectivity index (χ1) is 12.4. The molecule has 2 aromatic carbocycles. The fourth-order valence-electron chi connectivity index (χ4n) is 2.99. The van der Waals surface area contributed by atoms with Gasteiger partial charge in [-0.15, -0.1) is 0 Å². The van der Waals surface area contributed by atoms with Gasteiger partial charge in [0.05, 0.1) is 24.2 Å². The number of methoxy groups -OCH3 is 1. The van der Waals surface area contributed by atoms with Crippen molar-refractivity contribution >= 4 is 10.0 Å². The first kappa shape index (κ1) is 18.7. The summed E-state index contributed by atoms with van der Waals surface area (Å²) in [6.45, 7) is 4.46. The number of rotatable bonds is 5. The second-order valence-electron chi connectivity index (χ2n) is 6.30. The smallest absolute Gasteiger partial charge is 0.243 e. The predicted octanol–water partition coefficient (Wildman–Crippen LogP) is 3.29. The molecule has 2 aromatic rings. The second kappa shape index (κ2) is 7.65. The van der Waals surface area contributed by atoms with Crippen molar-refractivity contribution in [3.8, 4) is 17.2 Å². The number of hydrogen-bond donors (Lipinski definition) is 0. The Balaban J connectivity index is 1.78. The van der Waals surface area contributed by atoms with Crippen LogP contribution in [0.15, 0.2) is 53.4 Å². The Morgan fingerprint density at radius 1 is 0.962 bits per heavy atom. The lowest BCUT2D eigenvalue weighted by Crippen LogP contribution is -2.48. The van der Waals surface area contributed by atoms with Gasteiger partial charge < -0.3 is 14.2 Å². The molecule has 1 heterocycles. The van der Waals surface area contributed by atoms with Crippen molar-refractivity contribution in [1.82, 2.24) is 4.31 Å². The van der Waals surface area contributed by atoms with Gasteiger partial charge in [0, 0.05) is 13.1 Å². The van der Waals surface area contributed by atoms with Gasteiger partial charge in [0.2, 0.25) is 10.0 Å². The van der Waals surface area contributed by atoms with Gasteiger partial charge in [0.25, 0.3) is 0 Å². The number of ether oxygens (including phenoxy) is 3. The molecule has 1 saturated heterocycles. The average molecular weight is 377 g/mol. The molecule has 2 unspecified atom stereocenters. The largest absolute Gasteiger partial charge is 0.493 e. The molecule has 0 amide bonds. The number of para-hydroxylation sites is 2. The van der Waals surface area contributed by atoms with E-state index in [-0.39, 0.29) is 17.1 Å². The monoisotopic (exact) mass is 377 g/mol. The first-order valence-electron chi connectivity index (χ1n) is 8.46. The van der Waals surface area contributed by atoms with Crippen molar-refractivity contribution in [2.45, 2.75) is 31.0 Å². The normalized spacial score (nSPS) is 21.3. The molecule has 2 atom stereocenters. The Kier molecular flexibility index (Phi) is 5.50. The molecular formula is C19H23NO5S. The fraction of sp³-hybridized carbons (Fsp3) is 0.368. The Hall–Kier alpha value is -2.09. The molecule has 1 aliphatic heterocycles. The highest BCUT2D eigenvalue weighted by Gasteiger charge is 2.32. The van der Waals surface area contributed by atoms with E-state index in [1.54, 1.807) is 43.5 Å². The number of morpholine rings is 1. The molecule has 6 nitrogen and oxygen atoms in total. The van der Waals surface area contributed by atoms with E-state index in [0.29, 0.717) is 30.3 Å². The van der Waals surface area contributed by atoms with Crippen molar-refractivity contribution in [2.75, 3.05) is 20.2 Å². The molecule has 0 spiro atoms. The highest BCUT2D eigenvalue weighted by Crippen LogP contribution is 2.31. The molecule has 140 valence electrons. The Morgan fingerprint density at radius 2 is 1.54 bits per heavy atom. The van der Waals surface area contributed by atoms with E-state index in [4.69, 9.17) is 14.2 Å². The molecule has 0 radical (unpaired) electrons. The molecule has 7 heteroatoms. The Bertz CT molecular complexity index is 840. The van der Waals surface area contributed by atoms with Crippen LogP contribution in [0, 0.1) is 0 Å². The minimum atomic E-state index is -3.56. The van der Waals surface area contributed by atoms with Crippen molar-refractivity contribution in [3.63, 3.8) is 0 Å². The summed E-state index contributed by atoms with van der Waals surface area (Å²) in [5, 5.41) is 0. The van der Waals surface area contributed by atoms with E-state index >= 15 is 0 Å². The van der Waals surface area contributed by atoms with Gasteiger partial charge in [0.1, 0.15) is 5.75 Å². The minimum Gasteiger partial charge on any atom is -0.493 e. The van der Waals surface area contributed by atoms with E-state index in [2.05, 4.69) is 0 Å². The summed E-state index contributed by atoms with van der Waals surface area (Å²) >= 11 is 0. The summed E-state index contributed by atoms with van der Waals surface area (Å²) in [5.74, 6) is 1.72. The summed E-state index contributed by atoms with van der Waals surface area (Å²) in [6, 6.07) is 13.7. The average Bonchev–Trinajstić information content (AvgIpc) is 2.62. The van der Waals surface area contributed by atoms with Gasteiger partial charge in [-0.05, 0) is 50.2 Å². The SMILES string of the molecule is COc1ccccc1Oc1ccc(S(=O)(=O)N2CC(C)OC(C)C2)cc1. The first-order valence-corrected chi connectivity index (χ1v) is 9.90. The Labute approximate surface area is 154 Å². The molecule has 0 saturated carbocycles. The van der Waals surface area contributed by atoms with Crippen molar-refractivity contribution in [2.24, 2.45) is 0 Å². The highest BCUT2D eigenvalue weighted by atomic mass is 32.2. The standard InChI is InChI=1S/C19H23NO5S/c1-14-12-20(13-15(2)24-14)26(21,22)17-10-8-16(9-11-17)25-19-7-5-4-6-18(19)23-3/h4-11,14-15H,12-13H2,1-3H3. The number of hydrogen-bond acceptors (Lipinski definition) is 5. The summed E-state index contributed by atoms with van der Waals surface area (Å²) < 4.78 is 43.9. The highest BCUT2D eigenvalue weighted by molar-refractivity contribution is 7.89. The second-order valence-corrected chi connectivity index (χ2v) is 8.24. The van der Waals surface area contributed by atoms with Crippen LogP contribution in [0.25, 0.3) is 0 Å². The molecule has 1 aliphatic rings. The van der Waals surface area contributed by atoms with Gasteiger partial charge in [0.15, 0.2) is 11.5 Å². The number of sulfonamides is 1. The summed E-state index contributed by atoms with van der Waals surface area (Å²) in [7, 11) is -1.99. The molecule has 0 aromatic heterocycles. The fourth-order valence-corrected chi connectivity index (χ4v) is 4.58. The minimum absolute atomic E-state index is 0.123. The maximum Gasteiger partial charge on any atom is 0.243 e. The van der Waals surface area contributed by atoms with Gasteiger partial charge in [-0.3, -0.25) is 0 Å². The van der Waals surface area contributed by atoms with E-state index < -0.39 is 10.0 Å². The van der Waals surface area contributed by atoms with Crippen LogP contribution in [0.4, 0.5) is 0 Å². The van der Waals surface area contributed by atoms with Crippen LogP contribution >= 0.6 is 0 Å². The lowest BCUT2D eigenvalue weighted by atomic mass is 10.3. The van der Waals surface area contributed by atoms with Crippen LogP contribution in [0.3, 0.4) is 0 Å². The van der Waals surface area contributed by atoms with Crippen LogP contribution in [0.1, 0.15) is 13.8 Å². The van der Waals surface area contributed by atoms with Crippen molar-refractivity contribution < 1.29 is 22.6 Å². The van der Waals surface area contributed by atoms with E-state index in [0.717, 1.165) is 0 Å². The Morgan fingerprint density at radius 3 is 2.12 bits per heavy atom. The van der Waals surface area contributed by atoms with Crippen LogP contribution in [0.5, 0.6) is 17.2 Å². The summed E-state index contributed by atoms with van der Waals surface area (Å²) in [6.07, 6.45) is -0.247. The van der Waals surface area contributed by atoms with E-state index in [1.807, 2.05) is 26.0 Å². The van der Waals surface area contributed by atoms with Gasteiger partial charge >= 0.3 is 0 Å². The molecular weight excluding hydrogens is 354 g/mol. The summed E-state index contributed by atoms with van der Waals surface area (Å²) in [5.41, 5.74) is 0. The van der Waals surface area contributed by atoms with Crippen LogP contribution in [0.2, 0.25) is 0 Å². The lowest BCUT2D eigenvalue weighted by Gasteiger charge is -2.34.